The Kier molecular flexibility index (Phi) is 8.31. The number of rotatable bonds is 3. The van der Waals surface area contributed by atoms with E-state index in [0.29, 0.717) is 17.7 Å². The molecule has 130 valence electrons. The molecule has 0 unspecified atom stereocenters. The van der Waals surface area contributed by atoms with Crippen molar-refractivity contribution >= 4 is 30.7 Å². The average molecular weight is 360 g/mol. The van der Waals surface area contributed by atoms with Gasteiger partial charge >= 0.3 is 0 Å². The fourth-order valence-corrected chi connectivity index (χ4v) is 3.65. The van der Waals surface area contributed by atoms with Crippen LogP contribution in [0.2, 0.25) is 0 Å². The molecule has 1 aromatic rings. The number of carbonyl (C=O) groups is 1. The molecule has 6 heteroatoms. The smallest absolute Gasteiger partial charge is 0.222 e. The maximum atomic E-state index is 12.3. The van der Waals surface area contributed by atoms with Gasteiger partial charge < -0.3 is 10.2 Å². The first-order chi connectivity index (χ1) is 10.3. The number of carbonyl (C=O) groups excluding carboxylic acids is 1. The molecule has 0 saturated carbocycles. The third-order valence-corrected chi connectivity index (χ3v) is 5.22. The molecule has 0 radical (unpaired) electrons. The van der Waals surface area contributed by atoms with Crippen molar-refractivity contribution in [3.05, 3.63) is 30.1 Å². The van der Waals surface area contributed by atoms with Crippen molar-refractivity contribution in [2.75, 3.05) is 26.2 Å². The van der Waals surface area contributed by atoms with E-state index >= 15 is 0 Å². The van der Waals surface area contributed by atoms with Gasteiger partial charge in [-0.05, 0) is 68.3 Å². The number of piperidine rings is 2. The molecule has 0 atom stereocenters. The summed E-state index contributed by atoms with van der Waals surface area (Å²) >= 11 is 0. The first-order valence-electron chi connectivity index (χ1n) is 8.15. The predicted octanol–water partition coefficient (Wildman–Crippen LogP) is 2.85. The summed E-state index contributed by atoms with van der Waals surface area (Å²) in [4.78, 5) is 18.4. The van der Waals surface area contributed by atoms with Crippen molar-refractivity contribution in [3.8, 4) is 0 Å². The Bertz CT molecular complexity index is 468. The molecule has 1 aromatic heterocycles. The fourth-order valence-electron chi connectivity index (χ4n) is 3.65. The van der Waals surface area contributed by atoms with Crippen molar-refractivity contribution in [1.29, 1.82) is 0 Å². The van der Waals surface area contributed by atoms with Gasteiger partial charge in [-0.25, -0.2) is 0 Å². The van der Waals surface area contributed by atoms with Crippen LogP contribution in [0.15, 0.2) is 24.5 Å². The van der Waals surface area contributed by atoms with Gasteiger partial charge in [0.1, 0.15) is 0 Å². The molecule has 2 saturated heterocycles. The lowest BCUT2D eigenvalue weighted by atomic mass is 9.71. The lowest BCUT2D eigenvalue weighted by Crippen LogP contribution is -2.47. The molecule has 4 nitrogen and oxygen atoms in total. The molecule has 0 aromatic carbocycles. The highest BCUT2D eigenvalue weighted by Gasteiger charge is 2.36. The molecule has 23 heavy (non-hydrogen) atoms. The van der Waals surface area contributed by atoms with E-state index in [2.05, 4.69) is 15.2 Å². The molecule has 2 aliphatic heterocycles. The summed E-state index contributed by atoms with van der Waals surface area (Å²) in [5.74, 6) is 0.315. The zero-order valence-electron chi connectivity index (χ0n) is 13.5. The maximum Gasteiger partial charge on any atom is 0.222 e. The number of aromatic nitrogens is 1. The van der Waals surface area contributed by atoms with Gasteiger partial charge in [0.15, 0.2) is 0 Å². The molecule has 3 rings (SSSR count). The van der Waals surface area contributed by atoms with Crippen LogP contribution in [0.5, 0.6) is 0 Å². The lowest BCUT2D eigenvalue weighted by molar-refractivity contribution is -0.133. The van der Waals surface area contributed by atoms with Gasteiger partial charge in [0.2, 0.25) is 5.91 Å². The largest absolute Gasteiger partial charge is 0.343 e. The summed E-state index contributed by atoms with van der Waals surface area (Å²) < 4.78 is 0. The number of aryl methyl sites for hydroxylation is 1. The minimum atomic E-state index is 0. The summed E-state index contributed by atoms with van der Waals surface area (Å²) in [6.45, 7) is 4.20. The SMILES string of the molecule is Cl.Cl.O=C(CCc1ccncc1)N1CCC2(CCNCC2)CC1. The van der Waals surface area contributed by atoms with E-state index in [1.165, 1.54) is 31.2 Å². The second-order valence-electron chi connectivity index (χ2n) is 6.49. The van der Waals surface area contributed by atoms with Crippen LogP contribution in [0.3, 0.4) is 0 Å². The second kappa shape index (κ2) is 9.45. The van der Waals surface area contributed by atoms with Gasteiger partial charge in [-0.15, -0.1) is 24.8 Å². The molecular weight excluding hydrogens is 333 g/mol. The van der Waals surface area contributed by atoms with Crippen LogP contribution in [0.1, 0.15) is 37.7 Å². The van der Waals surface area contributed by atoms with Crippen molar-refractivity contribution in [2.24, 2.45) is 5.41 Å². The van der Waals surface area contributed by atoms with Crippen LogP contribution in [-0.2, 0) is 11.2 Å². The highest BCUT2D eigenvalue weighted by Crippen LogP contribution is 2.39. The normalized spacial score (nSPS) is 19.6. The highest BCUT2D eigenvalue weighted by atomic mass is 35.5. The topological polar surface area (TPSA) is 45.2 Å². The van der Waals surface area contributed by atoms with Crippen LogP contribution >= 0.6 is 24.8 Å². The third-order valence-electron chi connectivity index (χ3n) is 5.22. The number of amides is 1. The monoisotopic (exact) mass is 359 g/mol. The molecule has 1 N–H and O–H groups in total. The molecule has 2 fully saturated rings. The van der Waals surface area contributed by atoms with Gasteiger partial charge in [0.05, 0.1) is 0 Å². The van der Waals surface area contributed by atoms with E-state index in [4.69, 9.17) is 0 Å². The van der Waals surface area contributed by atoms with Crippen molar-refractivity contribution in [1.82, 2.24) is 15.2 Å². The molecule has 3 heterocycles. The van der Waals surface area contributed by atoms with E-state index in [9.17, 15) is 4.79 Å². The number of hydrogen-bond acceptors (Lipinski definition) is 3. The Balaban J connectivity index is 0.00000132. The minimum absolute atomic E-state index is 0. The van der Waals surface area contributed by atoms with Crippen LogP contribution in [0.25, 0.3) is 0 Å². The van der Waals surface area contributed by atoms with E-state index in [1.807, 2.05) is 12.1 Å². The van der Waals surface area contributed by atoms with E-state index in [0.717, 1.165) is 32.6 Å². The Hall–Kier alpha value is -0.840. The van der Waals surface area contributed by atoms with E-state index in [1.54, 1.807) is 12.4 Å². The zero-order valence-corrected chi connectivity index (χ0v) is 15.1. The van der Waals surface area contributed by atoms with Gasteiger partial charge in [-0.3, -0.25) is 9.78 Å². The second-order valence-corrected chi connectivity index (χ2v) is 6.49. The summed E-state index contributed by atoms with van der Waals surface area (Å²) in [6.07, 6.45) is 9.98. The van der Waals surface area contributed by atoms with E-state index in [-0.39, 0.29) is 24.8 Å². The number of likely N-dealkylation sites (tertiary alicyclic amines) is 1. The molecule has 1 amide bonds. The van der Waals surface area contributed by atoms with Gasteiger partial charge in [-0.1, -0.05) is 0 Å². The summed E-state index contributed by atoms with van der Waals surface area (Å²) in [5, 5.41) is 3.44. The van der Waals surface area contributed by atoms with Gasteiger partial charge in [-0.2, -0.15) is 0 Å². The van der Waals surface area contributed by atoms with Crippen molar-refractivity contribution in [2.45, 2.75) is 38.5 Å². The Morgan fingerprint density at radius 2 is 1.70 bits per heavy atom. The number of hydrogen-bond donors (Lipinski definition) is 1. The minimum Gasteiger partial charge on any atom is -0.343 e. The number of pyridine rings is 1. The Morgan fingerprint density at radius 3 is 2.30 bits per heavy atom. The maximum absolute atomic E-state index is 12.3. The molecule has 0 bridgehead atoms. The first kappa shape index (κ1) is 20.2. The lowest BCUT2D eigenvalue weighted by Gasteiger charge is -2.44. The quantitative estimate of drug-likeness (QED) is 0.902. The molecule has 1 spiro atoms. The highest BCUT2D eigenvalue weighted by molar-refractivity contribution is 5.85. The summed E-state index contributed by atoms with van der Waals surface area (Å²) in [7, 11) is 0. The van der Waals surface area contributed by atoms with Gasteiger partial charge in [0.25, 0.3) is 0 Å². The van der Waals surface area contributed by atoms with Crippen LogP contribution < -0.4 is 5.32 Å². The van der Waals surface area contributed by atoms with Gasteiger partial charge in [0, 0.05) is 31.9 Å². The Morgan fingerprint density at radius 1 is 1.09 bits per heavy atom. The number of nitrogens with zero attached hydrogens (tertiary/aromatic N) is 2. The van der Waals surface area contributed by atoms with E-state index < -0.39 is 0 Å². The standard InChI is InChI=1S/C17H25N3O.2ClH/c21-16(2-1-15-3-9-18-10-4-15)20-13-7-17(8-14-20)5-11-19-12-6-17;;/h3-4,9-10,19H,1-2,5-8,11-14H2;2*1H. The average Bonchev–Trinajstić information content (AvgIpc) is 2.55. The summed E-state index contributed by atoms with van der Waals surface area (Å²) in [6, 6.07) is 3.99. The Labute approximate surface area is 151 Å². The van der Waals surface area contributed by atoms with Crippen molar-refractivity contribution in [3.63, 3.8) is 0 Å². The fraction of sp³-hybridized carbons (Fsp3) is 0.647. The molecule has 2 aliphatic rings. The summed E-state index contributed by atoms with van der Waals surface area (Å²) in [5.41, 5.74) is 1.72. The predicted molar refractivity (Wildman–Crippen MR) is 97.4 cm³/mol. The van der Waals surface area contributed by atoms with Crippen LogP contribution in [0, 0.1) is 5.41 Å². The van der Waals surface area contributed by atoms with Crippen LogP contribution in [-0.4, -0.2) is 42.0 Å². The zero-order chi connectivity index (χ0) is 14.5. The van der Waals surface area contributed by atoms with Crippen molar-refractivity contribution < 1.29 is 4.79 Å². The molecule has 0 aliphatic carbocycles. The first-order valence-corrected chi connectivity index (χ1v) is 8.15. The third kappa shape index (κ3) is 5.33. The van der Waals surface area contributed by atoms with Crippen LogP contribution in [0.4, 0.5) is 0 Å². The molecular formula is C17H27Cl2N3O. The number of nitrogens with one attached hydrogen (secondary N) is 1. The number of halogens is 2.